The fourth-order valence-electron chi connectivity index (χ4n) is 4.25. The summed E-state index contributed by atoms with van der Waals surface area (Å²) in [7, 11) is 0. The Hall–Kier alpha value is -4.66. The minimum absolute atomic E-state index is 0.0681. The first-order valence-corrected chi connectivity index (χ1v) is 12.0. The molecule has 0 fully saturated rings. The van der Waals surface area contributed by atoms with Gasteiger partial charge < -0.3 is 15.4 Å². The Labute approximate surface area is 214 Å². The van der Waals surface area contributed by atoms with Gasteiger partial charge in [0.05, 0.1) is 23.0 Å². The molecule has 0 aliphatic carbocycles. The number of carbonyl (C=O) groups excluding carboxylic acids is 1. The van der Waals surface area contributed by atoms with Gasteiger partial charge in [-0.15, -0.1) is 0 Å². The molecule has 3 aromatic heterocycles. The van der Waals surface area contributed by atoms with Gasteiger partial charge in [0, 0.05) is 28.9 Å². The first-order valence-electron chi connectivity index (χ1n) is 12.0. The minimum atomic E-state index is -0.299. The van der Waals surface area contributed by atoms with Gasteiger partial charge in [0.25, 0.3) is 5.91 Å². The van der Waals surface area contributed by atoms with E-state index < -0.39 is 0 Å². The molecule has 0 radical (unpaired) electrons. The van der Waals surface area contributed by atoms with Crippen LogP contribution in [0.25, 0.3) is 10.9 Å². The Morgan fingerprint density at radius 1 is 1.11 bits per heavy atom. The number of H-pyrrole nitrogens is 2. The van der Waals surface area contributed by atoms with E-state index >= 15 is 0 Å². The van der Waals surface area contributed by atoms with Crippen LogP contribution in [0, 0.1) is 6.92 Å². The SMILES string of the molecule is Cc1cc(C(=O)Nc2ccc(Cc3ccc4[nH]c(O)c(/C=N/c5ccn[nH]5)c4c3)cc2)n(C(C)(C)C)n1. The predicted octanol–water partition coefficient (Wildman–Crippen LogP) is 5.45. The molecule has 0 bridgehead atoms. The van der Waals surface area contributed by atoms with Crippen LogP contribution in [0.3, 0.4) is 0 Å². The summed E-state index contributed by atoms with van der Waals surface area (Å²) in [6, 6.07) is 17.4. The van der Waals surface area contributed by atoms with Gasteiger partial charge in [-0.1, -0.05) is 18.2 Å². The molecule has 3 heterocycles. The van der Waals surface area contributed by atoms with Crippen molar-refractivity contribution in [2.45, 2.75) is 39.7 Å². The molecule has 0 saturated carbocycles. The van der Waals surface area contributed by atoms with Gasteiger partial charge in [-0.2, -0.15) is 10.2 Å². The molecule has 5 rings (SSSR count). The van der Waals surface area contributed by atoms with Crippen molar-refractivity contribution in [2.24, 2.45) is 4.99 Å². The summed E-state index contributed by atoms with van der Waals surface area (Å²) in [5, 5.41) is 25.4. The maximum atomic E-state index is 12.9. The number of hydrogen-bond donors (Lipinski definition) is 4. The lowest BCUT2D eigenvalue weighted by Crippen LogP contribution is -2.29. The highest BCUT2D eigenvalue weighted by molar-refractivity contribution is 6.03. The van der Waals surface area contributed by atoms with Crippen molar-refractivity contribution in [3.63, 3.8) is 0 Å². The summed E-state index contributed by atoms with van der Waals surface area (Å²) in [6.45, 7) is 7.94. The maximum absolute atomic E-state index is 12.9. The number of aryl methyl sites for hydroxylation is 1. The van der Waals surface area contributed by atoms with Crippen LogP contribution in [0.15, 0.2) is 65.8 Å². The molecule has 9 heteroatoms. The Balaban J connectivity index is 1.32. The number of carbonyl (C=O) groups is 1. The predicted molar refractivity (Wildman–Crippen MR) is 145 cm³/mol. The van der Waals surface area contributed by atoms with Crippen LogP contribution >= 0.6 is 0 Å². The first-order chi connectivity index (χ1) is 17.7. The first kappa shape index (κ1) is 24.1. The summed E-state index contributed by atoms with van der Waals surface area (Å²) >= 11 is 0. The maximum Gasteiger partial charge on any atom is 0.273 e. The number of nitrogens with one attached hydrogen (secondary N) is 3. The second-order valence-electron chi connectivity index (χ2n) is 10.0. The van der Waals surface area contributed by atoms with E-state index in [2.05, 4.69) is 30.6 Å². The number of nitrogens with zero attached hydrogens (tertiary/aromatic N) is 4. The van der Waals surface area contributed by atoms with Crippen LogP contribution in [0.2, 0.25) is 0 Å². The molecule has 0 aliphatic rings. The van der Waals surface area contributed by atoms with Crippen molar-refractivity contribution in [3.8, 4) is 5.88 Å². The minimum Gasteiger partial charge on any atom is -0.494 e. The van der Waals surface area contributed by atoms with E-state index in [1.807, 2.05) is 70.2 Å². The molecular formula is C28H29N7O2. The third-order valence-electron chi connectivity index (χ3n) is 6.02. The molecule has 0 saturated heterocycles. The Bertz CT molecular complexity index is 1580. The van der Waals surface area contributed by atoms with E-state index in [1.54, 1.807) is 29.2 Å². The molecule has 0 spiro atoms. The highest BCUT2D eigenvalue weighted by atomic mass is 16.3. The normalized spacial score (nSPS) is 12.0. The van der Waals surface area contributed by atoms with Crippen LogP contribution < -0.4 is 5.32 Å². The fourth-order valence-corrected chi connectivity index (χ4v) is 4.25. The molecule has 0 unspecified atom stereocenters. The molecule has 2 aromatic carbocycles. The molecular weight excluding hydrogens is 466 g/mol. The van der Waals surface area contributed by atoms with Gasteiger partial charge >= 0.3 is 0 Å². The summed E-state index contributed by atoms with van der Waals surface area (Å²) in [5.41, 5.74) is 5.39. The van der Waals surface area contributed by atoms with E-state index in [4.69, 9.17) is 0 Å². The van der Waals surface area contributed by atoms with E-state index in [0.717, 1.165) is 33.4 Å². The fraction of sp³-hybridized carbons (Fsp3) is 0.214. The number of rotatable bonds is 6. The van der Waals surface area contributed by atoms with Gasteiger partial charge in [0.2, 0.25) is 0 Å². The number of fused-ring (bicyclic) bond motifs is 1. The number of benzene rings is 2. The van der Waals surface area contributed by atoms with Crippen molar-refractivity contribution < 1.29 is 9.90 Å². The van der Waals surface area contributed by atoms with Crippen LogP contribution in [0.4, 0.5) is 11.5 Å². The average Bonchev–Trinajstić information content (AvgIpc) is 3.57. The van der Waals surface area contributed by atoms with Gasteiger partial charge in [0.15, 0.2) is 5.88 Å². The van der Waals surface area contributed by atoms with E-state index in [0.29, 0.717) is 23.5 Å². The van der Waals surface area contributed by atoms with Gasteiger partial charge in [0.1, 0.15) is 11.5 Å². The van der Waals surface area contributed by atoms with Crippen molar-refractivity contribution >= 4 is 34.5 Å². The van der Waals surface area contributed by atoms with Crippen molar-refractivity contribution in [2.75, 3.05) is 5.32 Å². The zero-order valence-electron chi connectivity index (χ0n) is 21.2. The molecule has 5 aromatic rings. The van der Waals surface area contributed by atoms with Crippen LogP contribution in [0.1, 0.15) is 53.6 Å². The van der Waals surface area contributed by atoms with Crippen LogP contribution in [0.5, 0.6) is 5.88 Å². The monoisotopic (exact) mass is 495 g/mol. The molecule has 9 nitrogen and oxygen atoms in total. The zero-order valence-corrected chi connectivity index (χ0v) is 21.2. The van der Waals surface area contributed by atoms with Gasteiger partial charge in [-0.3, -0.25) is 14.6 Å². The molecule has 0 aliphatic heterocycles. The third kappa shape index (κ3) is 5.16. The number of hydrogen-bond acceptors (Lipinski definition) is 5. The van der Waals surface area contributed by atoms with Crippen LogP contribution in [-0.2, 0) is 12.0 Å². The zero-order chi connectivity index (χ0) is 26.2. The number of anilines is 1. The second-order valence-corrected chi connectivity index (χ2v) is 10.0. The average molecular weight is 496 g/mol. The number of aromatic hydroxyl groups is 1. The molecule has 4 N–H and O–H groups in total. The number of aromatic amines is 2. The number of aliphatic imine (C=N–C) groups is 1. The van der Waals surface area contributed by atoms with Crippen molar-refractivity contribution in [3.05, 3.63) is 88.9 Å². The van der Waals surface area contributed by atoms with Crippen LogP contribution in [-0.4, -0.2) is 42.2 Å². The molecule has 1 amide bonds. The summed E-state index contributed by atoms with van der Waals surface area (Å²) < 4.78 is 1.76. The van der Waals surface area contributed by atoms with E-state index in [-0.39, 0.29) is 17.3 Å². The largest absolute Gasteiger partial charge is 0.494 e. The molecule has 188 valence electrons. The molecule has 0 atom stereocenters. The van der Waals surface area contributed by atoms with E-state index in [9.17, 15) is 9.90 Å². The van der Waals surface area contributed by atoms with Gasteiger partial charge in [-0.05, 0) is 75.6 Å². The lowest BCUT2D eigenvalue weighted by atomic mass is 10.0. The smallest absolute Gasteiger partial charge is 0.273 e. The quantitative estimate of drug-likeness (QED) is 0.234. The standard InChI is InChI=1S/C28H29N7O2/c1-17-13-24(35(34-17)28(2,3)4)27(37)31-20-8-5-18(6-9-20)14-19-7-10-23-21(15-19)22(26(36)32-23)16-29-25-11-12-30-33-25/h5-13,15-16,32,36H,14H2,1-4H3,(H,30,33)(H,31,37)/b29-16+. The second kappa shape index (κ2) is 9.42. The molecule has 37 heavy (non-hydrogen) atoms. The number of aromatic nitrogens is 5. The van der Waals surface area contributed by atoms with Crippen molar-refractivity contribution in [1.29, 1.82) is 0 Å². The summed E-state index contributed by atoms with van der Waals surface area (Å²) in [5.74, 6) is 0.485. The lowest BCUT2D eigenvalue weighted by Gasteiger charge is -2.22. The Kier molecular flexibility index (Phi) is 6.12. The highest BCUT2D eigenvalue weighted by Crippen LogP contribution is 2.28. The third-order valence-corrected chi connectivity index (χ3v) is 6.02. The van der Waals surface area contributed by atoms with E-state index in [1.165, 1.54) is 0 Å². The highest BCUT2D eigenvalue weighted by Gasteiger charge is 2.23. The van der Waals surface area contributed by atoms with Gasteiger partial charge in [-0.25, -0.2) is 4.99 Å². The Morgan fingerprint density at radius 2 is 1.86 bits per heavy atom. The number of amides is 1. The van der Waals surface area contributed by atoms with Crippen molar-refractivity contribution in [1.82, 2.24) is 25.0 Å². The Morgan fingerprint density at radius 3 is 2.57 bits per heavy atom. The lowest BCUT2D eigenvalue weighted by molar-refractivity contribution is 0.100. The topological polar surface area (TPSA) is 124 Å². The summed E-state index contributed by atoms with van der Waals surface area (Å²) in [4.78, 5) is 20.3. The summed E-state index contributed by atoms with van der Waals surface area (Å²) in [6.07, 6.45) is 3.94.